The molecular formula is C31H33Cl2N5O. The molecule has 1 unspecified atom stereocenters. The molecule has 0 bridgehead atoms. The SMILES string of the molecule is CC(C)C(C=O)Nc1nc(CN2CCN(C(c3ccc(Cl)cc3)c3ccc(Cl)cc3)CC2)nc2ccccc12. The minimum atomic E-state index is -0.308. The number of carbonyl (C=O) groups excluding carboxylic acids is 1. The highest BCUT2D eigenvalue weighted by molar-refractivity contribution is 6.30. The first-order chi connectivity index (χ1) is 18.9. The van der Waals surface area contributed by atoms with Gasteiger partial charge in [0, 0.05) is 41.6 Å². The molecule has 0 amide bonds. The fourth-order valence-corrected chi connectivity index (χ4v) is 5.36. The minimum absolute atomic E-state index is 0.116. The molecule has 1 aliphatic rings. The van der Waals surface area contributed by atoms with Crippen LogP contribution in [0.1, 0.15) is 36.8 Å². The molecule has 202 valence electrons. The molecule has 5 rings (SSSR count). The van der Waals surface area contributed by atoms with Crippen LogP contribution < -0.4 is 5.32 Å². The largest absolute Gasteiger partial charge is 0.360 e. The van der Waals surface area contributed by atoms with Crippen molar-refractivity contribution in [3.05, 3.63) is 99.8 Å². The Morgan fingerprint density at radius 2 is 1.44 bits per heavy atom. The minimum Gasteiger partial charge on any atom is -0.360 e. The molecular weight excluding hydrogens is 529 g/mol. The second kappa shape index (κ2) is 12.4. The maximum absolute atomic E-state index is 11.7. The fraction of sp³-hybridized carbons (Fsp3) is 0.323. The molecule has 0 radical (unpaired) electrons. The van der Waals surface area contributed by atoms with Crippen molar-refractivity contribution >= 4 is 46.2 Å². The van der Waals surface area contributed by atoms with E-state index in [1.165, 1.54) is 11.1 Å². The Kier molecular flexibility index (Phi) is 8.78. The van der Waals surface area contributed by atoms with E-state index >= 15 is 0 Å². The Bertz CT molecular complexity index is 1360. The van der Waals surface area contributed by atoms with Gasteiger partial charge in [0.15, 0.2) is 0 Å². The number of para-hydroxylation sites is 1. The number of nitrogens with zero attached hydrogens (tertiary/aromatic N) is 4. The number of aromatic nitrogens is 2. The molecule has 1 atom stereocenters. The molecule has 0 saturated carbocycles. The number of hydrogen-bond donors (Lipinski definition) is 1. The number of aldehydes is 1. The predicted octanol–water partition coefficient (Wildman–Crippen LogP) is 6.48. The van der Waals surface area contributed by atoms with Crippen molar-refractivity contribution in [2.45, 2.75) is 32.5 Å². The van der Waals surface area contributed by atoms with Crippen LogP contribution in [0.4, 0.5) is 5.82 Å². The van der Waals surface area contributed by atoms with Gasteiger partial charge < -0.3 is 10.1 Å². The molecule has 0 aliphatic carbocycles. The Labute approximate surface area is 240 Å². The van der Waals surface area contributed by atoms with Gasteiger partial charge in [-0.1, -0.05) is 73.4 Å². The Morgan fingerprint density at radius 3 is 2.00 bits per heavy atom. The van der Waals surface area contributed by atoms with E-state index in [2.05, 4.69) is 39.4 Å². The van der Waals surface area contributed by atoms with E-state index in [4.69, 9.17) is 33.2 Å². The van der Waals surface area contributed by atoms with Crippen molar-refractivity contribution in [2.75, 3.05) is 31.5 Å². The zero-order chi connectivity index (χ0) is 27.4. The van der Waals surface area contributed by atoms with Gasteiger partial charge in [-0.3, -0.25) is 9.80 Å². The maximum Gasteiger partial charge on any atom is 0.145 e. The van der Waals surface area contributed by atoms with Crippen molar-refractivity contribution in [2.24, 2.45) is 5.92 Å². The van der Waals surface area contributed by atoms with Gasteiger partial charge in [-0.2, -0.15) is 0 Å². The smallest absolute Gasteiger partial charge is 0.145 e. The number of rotatable bonds is 9. The number of anilines is 1. The molecule has 1 N–H and O–H groups in total. The first-order valence-electron chi connectivity index (χ1n) is 13.4. The number of fused-ring (bicyclic) bond motifs is 1. The normalized spacial score (nSPS) is 15.6. The van der Waals surface area contributed by atoms with Crippen LogP contribution in [0.3, 0.4) is 0 Å². The summed E-state index contributed by atoms with van der Waals surface area (Å²) >= 11 is 12.4. The van der Waals surface area contributed by atoms with Crippen LogP contribution in [-0.2, 0) is 11.3 Å². The lowest BCUT2D eigenvalue weighted by molar-refractivity contribution is -0.109. The number of hydrogen-bond acceptors (Lipinski definition) is 6. The Hall–Kier alpha value is -3.03. The quantitative estimate of drug-likeness (QED) is 0.236. The van der Waals surface area contributed by atoms with Gasteiger partial charge in [0.2, 0.25) is 0 Å². The van der Waals surface area contributed by atoms with E-state index in [1.807, 2.05) is 62.4 Å². The summed E-state index contributed by atoms with van der Waals surface area (Å²) in [6, 6.07) is 24.0. The van der Waals surface area contributed by atoms with Gasteiger partial charge in [-0.25, -0.2) is 9.97 Å². The zero-order valence-corrected chi connectivity index (χ0v) is 23.7. The highest BCUT2D eigenvalue weighted by atomic mass is 35.5. The number of carbonyl (C=O) groups is 1. The van der Waals surface area contributed by atoms with E-state index in [0.717, 1.165) is 59.2 Å². The zero-order valence-electron chi connectivity index (χ0n) is 22.2. The molecule has 39 heavy (non-hydrogen) atoms. The van der Waals surface area contributed by atoms with E-state index in [-0.39, 0.29) is 18.0 Å². The lowest BCUT2D eigenvalue weighted by Gasteiger charge is -2.39. The lowest BCUT2D eigenvalue weighted by Crippen LogP contribution is -2.47. The van der Waals surface area contributed by atoms with Gasteiger partial charge in [0.05, 0.1) is 24.1 Å². The maximum atomic E-state index is 11.7. The van der Waals surface area contributed by atoms with E-state index < -0.39 is 0 Å². The molecule has 3 aromatic carbocycles. The molecule has 6 nitrogen and oxygen atoms in total. The summed E-state index contributed by atoms with van der Waals surface area (Å²) in [6.45, 7) is 8.27. The van der Waals surface area contributed by atoms with E-state index in [9.17, 15) is 4.79 Å². The van der Waals surface area contributed by atoms with Gasteiger partial charge in [-0.05, 0) is 53.4 Å². The van der Waals surface area contributed by atoms with Crippen LogP contribution in [0.25, 0.3) is 10.9 Å². The number of nitrogens with one attached hydrogen (secondary N) is 1. The van der Waals surface area contributed by atoms with Crippen molar-refractivity contribution in [3.63, 3.8) is 0 Å². The molecule has 4 aromatic rings. The lowest BCUT2D eigenvalue weighted by atomic mass is 9.96. The van der Waals surface area contributed by atoms with Crippen LogP contribution in [0, 0.1) is 5.92 Å². The first-order valence-corrected chi connectivity index (χ1v) is 14.1. The fourth-order valence-electron chi connectivity index (χ4n) is 5.11. The van der Waals surface area contributed by atoms with Gasteiger partial charge >= 0.3 is 0 Å². The summed E-state index contributed by atoms with van der Waals surface area (Å²) in [7, 11) is 0. The third kappa shape index (κ3) is 6.59. The number of benzene rings is 3. The molecule has 8 heteroatoms. The summed E-state index contributed by atoms with van der Waals surface area (Å²) in [5, 5.41) is 5.74. The van der Waals surface area contributed by atoms with E-state index in [0.29, 0.717) is 12.4 Å². The molecule has 1 fully saturated rings. The van der Waals surface area contributed by atoms with Crippen LogP contribution >= 0.6 is 23.2 Å². The molecule has 1 aromatic heterocycles. The highest BCUT2D eigenvalue weighted by Gasteiger charge is 2.27. The third-order valence-corrected chi connectivity index (χ3v) is 7.83. The second-order valence-electron chi connectivity index (χ2n) is 10.4. The summed E-state index contributed by atoms with van der Waals surface area (Å²) in [4.78, 5) is 26.3. The molecule has 1 saturated heterocycles. The van der Waals surface area contributed by atoms with Crippen LogP contribution in [-0.4, -0.2) is 58.3 Å². The van der Waals surface area contributed by atoms with Crippen LogP contribution in [0.2, 0.25) is 10.0 Å². The van der Waals surface area contributed by atoms with Crippen molar-refractivity contribution in [3.8, 4) is 0 Å². The average molecular weight is 563 g/mol. The second-order valence-corrected chi connectivity index (χ2v) is 11.2. The molecule has 0 spiro atoms. The number of piperazine rings is 1. The summed E-state index contributed by atoms with van der Waals surface area (Å²) in [5.41, 5.74) is 3.29. The Morgan fingerprint density at radius 1 is 0.846 bits per heavy atom. The van der Waals surface area contributed by atoms with Crippen LogP contribution in [0.5, 0.6) is 0 Å². The number of halogens is 2. The third-order valence-electron chi connectivity index (χ3n) is 7.33. The predicted molar refractivity (Wildman–Crippen MR) is 159 cm³/mol. The van der Waals surface area contributed by atoms with E-state index in [1.54, 1.807) is 0 Å². The monoisotopic (exact) mass is 561 g/mol. The Balaban J connectivity index is 1.33. The van der Waals surface area contributed by atoms with Gasteiger partial charge in [0.25, 0.3) is 0 Å². The van der Waals surface area contributed by atoms with Crippen molar-refractivity contribution in [1.29, 1.82) is 0 Å². The average Bonchev–Trinajstić information content (AvgIpc) is 2.94. The summed E-state index contributed by atoms with van der Waals surface area (Å²) in [6.07, 6.45) is 0.957. The first kappa shape index (κ1) is 27.5. The highest BCUT2D eigenvalue weighted by Crippen LogP contribution is 2.31. The topological polar surface area (TPSA) is 61.4 Å². The molecule has 1 aliphatic heterocycles. The van der Waals surface area contributed by atoms with Gasteiger partial charge in [0.1, 0.15) is 17.9 Å². The summed E-state index contributed by atoms with van der Waals surface area (Å²) in [5.74, 6) is 1.62. The van der Waals surface area contributed by atoms with Crippen molar-refractivity contribution in [1.82, 2.24) is 19.8 Å². The summed E-state index contributed by atoms with van der Waals surface area (Å²) < 4.78 is 0. The standard InChI is InChI=1S/C31H33Cl2N5O/c1-21(2)28(20-39)35-31-26-5-3-4-6-27(26)34-29(36-31)19-37-15-17-38(18-16-37)30(22-7-11-24(32)12-8-22)23-9-13-25(33)14-10-23/h3-14,20-21,28,30H,15-19H2,1-2H3,(H,34,35,36). The van der Waals surface area contributed by atoms with Gasteiger partial charge in [-0.15, -0.1) is 0 Å². The molecule has 2 heterocycles. The van der Waals surface area contributed by atoms with Crippen LogP contribution in [0.15, 0.2) is 72.8 Å². The van der Waals surface area contributed by atoms with Crippen molar-refractivity contribution < 1.29 is 4.79 Å².